The zero-order chi connectivity index (χ0) is 13.4. The predicted molar refractivity (Wildman–Crippen MR) is 67.3 cm³/mol. The van der Waals surface area contributed by atoms with Crippen molar-refractivity contribution in [1.82, 2.24) is 0 Å². The number of aryl methyl sites for hydroxylation is 1. The van der Waals surface area contributed by atoms with Gasteiger partial charge in [-0.3, -0.25) is 9.59 Å². The number of nitrogens with one attached hydrogen (secondary N) is 1. The minimum absolute atomic E-state index is 0.0315. The lowest BCUT2D eigenvalue weighted by Crippen LogP contribution is -2.13. The Morgan fingerprint density at radius 1 is 1.22 bits per heavy atom. The van der Waals surface area contributed by atoms with E-state index in [1.54, 1.807) is 6.07 Å². The van der Waals surface area contributed by atoms with Gasteiger partial charge in [0.1, 0.15) is 0 Å². The van der Waals surface area contributed by atoms with E-state index in [0.717, 1.165) is 12.0 Å². The van der Waals surface area contributed by atoms with E-state index >= 15 is 0 Å². The minimum atomic E-state index is -0.984. The number of hydrogen-bond donors (Lipinski definition) is 3. The highest BCUT2D eigenvalue weighted by Gasteiger charge is 2.06. The van der Waals surface area contributed by atoms with Crippen LogP contribution >= 0.6 is 0 Å². The van der Waals surface area contributed by atoms with Gasteiger partial charge in [0.25, 0.3) is 0 Å². The SMILES string of the molecule is O=C(O)CCC(=O)Nc1cccc(CCCO)c1. The van der Waals surface area contributed by atoms with Crippen molar-refractivity contribution < 1.29 is 19.8 Å². The molecular weight excluding hydrogens is 234 g/mol. The molecule has 0 aliphatic rings. The molecule has 5 nitrogen and oxygen atoms in total. The Morgan fingerprint density at radius 3 is 2.67 bits per heavy atom. The van der Waals surface area contributed by atoms with Crippen molar-refractivity contribution in [2.45, 2.75) is 25.7 Å². The monoisotopic (exact) mass is 251 g/mol. The number of aliphatic hydroxyl groups is 1. The van der Waals surface area contributed by atoms with Crippen LogP contribution in [0.2, 0.25) is 0 Å². The molecule has 1 amide bonds. The van der Waals surface area contributed by atoms with E-state index in [4.69, 9.17) is 10.2 Å². The summed E-state index contributed by atoms with van der Waals surface area (Å²) in [4.78, 5) is 21.8. The number of aliphatic hydroxyl groups excluding tert-OH is 1. The Hall–Kier alpha value is -1.88. The molecule has 0 aromatic heterocycles. The second kappa shape index (κ2) is 7.45. The maximum absolute atomic E-state index is 11.4. The van der Waals surface area contributed by atoms with Gasteiger partial charge >= 0.3 is 5.97 Å². The third-order valence-electron chi connectivity index (χ3n) is 2.40. The summed E-state index contributed by atoms with van der Waals surface area (Å²) < 4.78 is 0. The molecule has 5 heteroatoms. The van der Waals surface area contributed by atoms with Crippen molar-refractivity contribution in [3.05, 3.63) is 29.8 Å². The Bertz CT molecular complexity index is 417. The molecule has 98 valence electrons. The van der Waals surface area contributed by atoms with Gasteiger partial charge in [-0.15, -0.1) is 0 Å². The molecule has 18 heavy (non-hydrogen) atoms. The first kappa shape index (κ1) is 14.2. The molecular formula is C13H17NO4. The van der Waals surface area contributed by atoms with Crippen LogP contribution in [0.4, 0.5) is 5.69 Å². The van der Waals surface area contributed by atoms with Crippen LogP contribution < -0.4 is 5.32 Å². The fourth-order valence-electron chi connectivity index (χ4n) is 1.53. The van der Waals surface area contributed by atoms with E-state index in [1.165, 1.54) is 0 Å². The number of hydrogen-bond acceptors (Lipinski definition) is 3. The van der Waals surface area contributed by atoms with E-state index in [0.29, 0.717) is 12.1 Å². The first-order chi connectivity index (χ1) is 8.61. The molecule has 0 saturated carbocycles. The van der Waals surface area contributed by atoms with Gasteiger partial charge < -0.3 is 15.5 Å². The highest BCUT2D eigenvalue weighted by Crippen LogP contribution is 2.12. The molecule has 0 fully saturated rings. The number of carbonyl (C=O) groups excluding carboxylic acids is 1. The molecule has 0 saturated heterocycles. The summed E-state index contributed by atoms with van der Waals surface area (Å²) in [6.07, 6.45) is 1.22. The largest absolute Gasteiger partial charge is 0.481 e. The molecule has 1 aromatic rings. The van der Waals surface area contributed by atoms with Crippen molar-refractivity contribution in [3.8, 4) is 0 Å². The van der Waals surface area contributed by atoms with Crippen molar-refractivity contribution in [1.29, 1.82) is 0 Å². The summed E-state index contributed by atoms with van der Waals surface area (Å²) in [5, 5.41) is 19.9. The fourth-order valence-corrected chi connectivity index (χ4v) is 1.53. The smallest absolute Gasteiger partial charge is 0.303 e. The molecule has 0 aliphatic heterocycles. The van der Waals surface area contributed by atoms with Gasteiger partial charge in [0, 0.05) is 18.7 Å². The Labute approximate surface area is 105 Å². The van der Waals surface area contributed by atoms with Crippen LogP contribution in [-0.4, -0.2) is 28.7 Å². The Balaban J connectivity index is 2.50. The number of aliphatic carboxylic acids is 1. The second-order valence-electron chi connectivity index (χ2n) is 3.97. The fraction of sp³-hybridized carbons (Fsp3) is 0.385. The van der Waals surface area contributed by atoms with Crippen molar-refractivity contribution in [3.63, 3.8) is 0 Å². The van der Waals surface area contributed by atoms with Crippen LogP contribution in [-0.2, 0) is 16.0 Å². The number of rotatable bonds is 7. The van der Waals surface area contributed by atoms with Gasteiger partial charge in [0.2, 0.25) is 5.91 Å². The van der Waals surface area contributed by atoms with Gasteiger partial charge in [0.05, 0.1) is 6.42 Å². The molecule has 0 bridgehead atoms. The number of carbonyl (C=O) groups is 2. The van der Waals surface area contributed by atoms with Gasteiger partial charge in [-0.2, -0.15) is 0 Å². The molecule has 0 aliphatic carbocycles. The first-order valence-corrected chi connectivity index (χ1v) is 5.83. The van der Waals surface area contributed by atoms with Crippen LogP contribution in [0.3, 0.4) is 0 Å². The number of benzene rings is 1. The normalized spacial score (nSPS) is 10.1. The van der Waals surface area contributed by atoms with E-state index in [-0.39, 0.29) is 25.4 Å². The third kappa shape index (κ3) is 5.45. The third-order valence-corrected chi connectivity index (χ3v) is 2.40. The van der Waals surface area contributed by atoms with Crippen LogP contribution in [0.5, 0.6) is 0 Å². The van der Waals surface area contributed by atoms with E-state index in [1.807, 2.05) is 18.2 Å². The first-order valence-electron chi connectivity index (χ1n) is 5.83. The average molecular weight is 251 g/mol. The van der Waals surface area contributed by atoms with Gasteiger partial charge in [-0.25, -0.2) is 0 Å². The lowest BCUT2D eigenvalue weighted by molar-refractivity contribution is -0.138. The summed E-state index contributed by atoms with van der Waals surface area (Å²) in [6, 6.07) is 7.32. The molecule has 0 spiro atoms. The van der Waals surface area contributed by atoms with Crippen molar-refractivity contribution in [2.75, 3.05) is 11.9 Å². The summed E-state index contributed by atoms with van der Waals surface area (Å²) >= 11 is 0. The molecule has 0 heterocycles. The molecule has 0 radical (unpaired) electrons. The Kier molecular flexibility index (Phi) is 5.87. The van der Waals surface area contributed by atoms with Crippen LogP contribution in [0.1, 0.15) is 24.8 Å². The van der Waals surface area contributed by atoms with Crippen LogP contribution in [0, 0.1) is 0 Å². The standard InChI is InChI=1S/C13H17NO4/c15-8-2-4-10-3-1-5-11(9-10)14-12(16)6-7-13(17)18/h1,3,5,9,15H,2,4,6-8H2,(H,14,16)(H,17,18). The van der Waals surface area contributed by atoms with Crippen LogP contribution in [0.15, 0.2) is 24.3 Å². The molecule has 1 rings (SSSR count). The zero-order valence-corrected chi connectivity index (χ0v) is 10.1. The van der Waals surface area contributed by atoms with E-state index in [9.17, 15) is 9.59 Å². The van der Waals surface area contributed by atoms with Gasteiger partial charge in [0.15, 0.2) is 0 Å². The summed E-state index contributed by atoms with van der Waals surface area (Å²) in [6.45, 7) is 0.134. The second-order valence-corrected chi connectivity index (χ2v) is 3.97. The van der Waals surface area contributed by atoms with Gasteiger partial charge in [-0.05, 0) is 30.5 Å². The lowest BCUT2D eigenvalue weighted by atomic mass is 10.1. The van der Waals surface area contributed by atoms with Crippen LogP contribution in [0.25, 0.3) is 0 Å². The summed E-state index contributed by atoms with van der Waals surface area (Å²) in [7, 11) is 0. The molecule has 0 atom stereocenters. The van der Waals surface area contributed by atoms with Crippen molar-refractivity contribution in [2.24, 2.45) is 0 Å². The highest BCUT2D eigenvalue weighted by molar-refractivity contribution is 5.92. The maximum Gasteiger partial charge on any atom is 0.303 e. The quantitative estimate of drug-likeness (QED) is 0.684. The molecule has 0 unspecified atom stereocenters. The number of anilines is 1. The number of amides is 1. The van der Waals surface area contributed by atoms with Crippen molar-refractivity contribution >= 4 is 17.6 Å². The molecule has 3 N–H and O–H groups in total. The maximum atomic E-state index is 11.4. The molecule has 1 aromatic carbocycles. The average Bonchev–Trinajstić information content (AvgIpc) is 2.34. The van der Waals surface area contributed by atoms with E-state index in [2.05, 4.69) is 5.32 Å². The van der Waals surface area contributed by atoms with E-state index < -0.39 is 5.97 Å². The number of carboxylic acid groups (broad SMARTS) is 1. The van der Waals surface area contributed by atoms with Gasteiger partial charge in [-0.1, -0.05) is 12.1 Å². The zero-order valence-electron chi connectivity index (χ0n) is 10.1. The summed E-state index contributed by atoms with van der Waals surface area (Å²) in [5.41, 5.74) is 1.68. The Morgan fingerprint density at radius 2 is 2.00 bits per heavy atom. The summed E-state index contributed by atoms with van der Waals surface area (Å²) in [5.74, 6) is -1.29. The topological polar surface area (TPSA) is 86.6 Å². The minimum Gasteiger partial charge on any atom is -0.481 e. The lowest BCUT2D eigenvalue weighted by Gasteiger charge is -2.06. The highest BCUT2D eigenvalue weighted by atomic mass is 16.4. The predicted octanol–water partition coefficient (Wildman–Crippen LogP) is 1.41. The number of carboxylic acids is 1.